The first-order valence-electron chi connectivity index (χ1n) is 6.36. The molecule has 1 atom stereocenters. The molecule has 2 N–H and O–H groups in total. The van der Waals surface area contributed by atoms with Crippen LogP contribution in [0.1, 0.15) is 25.3 Å². The van der Waals surface area contributed by atoms with Gasteiger partial charge in [-0.25, -0.2) is 0 Å². The molecule has 1 unspecified atom stereocenters. The Kier molecular flexibility index (Phi) is 2.35. The van der Waals surface area contributed by atoms with Gasteiger partial charge >= 0.3 is 0 Å². The number of fused-ring (bicyclic) bond motifs is 1. The topological polar surface area (TPSA) is 46.3 Å². The lowest BCUT2D eigenvalue weighted by Crippen LogP contribution is -2.34. The number of hydrogen-bond donors (Lipinski definition) is 1. The van der Waals surface area contributed by atoms with E-state index in [1.807, 2.05) is 23.1 Å². The second kappa shape index (κ2) is 3.76. The van der Waals surface area contributed by atoms with E-state index >= 15 is 0 Å². The smallest absolute Gasteiger partial charge is 0.230 e. The minimum atomic E-state index is 0.169. The predicted octanol–water partition coefficient (Wildman–Crippen LogP) is 2.20. The number of hydrogen-bond acceptors (Lipinski definition) is 2. The van der Waals surface area contributed by atoms with E-state index in [0.717, 1.165) is 24.3 Å². The monoisotopic (exact) mass is 230 g/mol. The van der Waals surface area contributed by atoms with Crippen LogP contribution in [-0.4, -0.2) is 12.5 Å². The van der Waals surface area contributed by atoms with Crippen LogP contribution in [0.5, 0.6) is 0 Å². The summed E-state index contributed by atoms with van der Waals surface area (Å²) < 4.78 is 0. The highest BCUT2D eigenvalue weighted by molar-refractivity contribution is 5.97. The second-order valence-electron chi connectivity index (χ2n) is 5.25. The highest BCUT2D eigenvalue weighted by Gasteiger charge is 2.37. The van der Waals surface area contributed by atoms with Gasteiger partial charge in [-0.05, 0) is 42.9 Å². The van der Waals surface area contributed by atoms with Gasteiger partial charge in [0.1, 0.15) is 0 Å². The van der Waals surface area contributed by atoms with Gasteiger partial charge in [0.2, 0.25) is 5.91 Å². The third kappa shape index (κ3) is 1.79. The number of amides is 1. The molecule has 2 aliphatic rings. The number of carbonyl (C=O) groups excluding carboxylic acids is 1. The minimum absolute atomic E-state index is 0.169. The van der Waals surface area contributed by atoms with Gasteiger partial charge in [-0.3, -0.25) is 4.79 Å². The summed E-state index contributed by atoms with van der Waals surface area (Å²) in [4.78, 5) is 14.3. The van der Waals surface area contributed by atoms with Crippen molar-refractivity contribution in [2.45, 2.75) is 26.2 Å². The number of anilines is 2. The average molecular weight is 230 g/mol. The molecular formula is C14H18N2O. The van der Waals surface area contributed by atoms with Gasteiger partial charge in [0.25, 0.3) is 0 Å². The first-order chi connectivity index (χ1) is 8.16. The lowest BCUT2D eigenvalue weighted by molar-refractivity contribution is -0.122. The van der Waals surface area contributed by atoms with Crippen molar-refractivity contribution in [1.82, 2.24) is 0 Å². The normalized spacial score (nSPS) is 20.2. The number of nitrogen functional groups attached to an aromatic ring is 1. The number of nitrogens with zero attached hydrogens (tertiary/aromatic N) is 1. The lowest BCUT2D eigenvalue weighted by Gasteiger charge is -2.21. The zero-order chi connectivity index (χ0) is 12.0. The van der Waals surface area contributed by atoms with Gasteiger partial charge in [-0.2, -0.15) is 0 Å². The van der Waals surface area contributed by atoms with Crippen molar-refractivity contribution >= 4 is 17.3 Å². The van der Waals surface area contributed by atoms with Crippen LogP contribution in [0.25, 0.3) is 0 Å². The molecule has 1 fully saturated rings. The van der Waals surface area contributed by atoms with Crippen molar-refractivity contribution < 1.29 is 4.79 Å². The van der Waals surface area contributed by atoms with E-state index in [2.05, 4.69) is 6.92 Å². The Bertz CT molecular complexity index is 465. The molecule has 1 aliphatic carbocycles. The Hall–Kier alpha value is -1.51. The molecule has 90 valence electrons. The van der Waals surface area contributed by atoms with Crippen LogP contribution >= 0.6 is 0 Å². The third-order valence-electron chi connectivity index (χ3n) is 3.99. The summed E-state index contributed by atoms with van der Waals surface area (Å²) in [6, 6.07) is 5.89. The number of carbonyl (C=O) groups is 1. The van der Waals surface area contributed by atoms with E-state index in [0.29, 0.717) is 5.92 Å². The number of nitrogens with two attached hydrogens (primary N) is 1. The molecule has 0 radical (unpaired) electrons. The molecule has 1 heterocycles. The van der Waals surface area contributed by atoms with Gasteiger partial charge in [0.05, 0.1) is 0 Å². The van der Waals surface area contributed by atoms with Crippen molar-refractivity contribution in [2.75, 3.05) is 17.2 Å². The molecular weight excluding hydrogens is 212 g/mol. The molecule has 0 spiro atoms. The molecule has 0 bridgehead atoms. The van der Waals surface area contributed by atoms with Gasteiger partial charge < -0.3 is 10.6 Å². The lowest BCUT2D eigenvalue weighted by atomic mass is 10.0. The van der Waals surface area contributed by atoms with Gasteiger partial charge in [0, 0.05) is 23.8 Å². The van der Waals surface area contributed by atoms with Gasteiger partial charge in [-0.15, -0.1) is 0 Å². The highest BCUT2D eigenvalue weighted by atomic mass is 16.2. The first-order valence-corrected chi connectivity index (χ1v) is 6.36. The molecule has 1 amide bonds. The molecule has 17 heavy (non-hydrogen) atoms. The van der Waals surface area contributed by atoms with Crippen molar-refractivity contribution in [3.05, 3.63) is 23.8 Å². The van der Waals surface area contributed by atoms with E-state index in [1.165, 1.54) is 18.4 Å². The van der Waals surface area contributed by atoms with Crippen molar-refractivity contribution in [3.8, 4) is 0 Å². The zero-order valence-corrected chi connectivity index (χ0v) is 10.1. The second-order valence-corrected chi connectivity index (χ2v) is 5.25. The SMILES string of the molecule is CC(C(=O)N1CCc2ccc(N)cc21)C1CC1. The Morgan fingerprint density at radius 3 is 2.94 bits per heavy atom. The third-order valence-corrected chi connectivity index (χ3v) is 3.99. The van der Waals surface area contributed by atoms with Crippen LogP contribution in [0.2, 0.25) is 0 Å². The van der Waals surface area contributed by atoms with Gasteiger partial charge in [-0.1, -0.05) is 13.0 Å². The Morgan fingerprint density at radius 1 is 1.47 bits per heavy atom. The maximum absolute atomic E-state index is 12.4. The summed E-state index contributed by atoms with van der Waals surface area (Å²) in [5.74, 6) is 1.06. The summed E-state index contributed by atoms with van der Waals surface area (Å²) in [6.45, 7) is 2.87. The molecule has 1 aliphatic heterocycles. The number of benzene rings is 1. The summed E-state index contributed by atoms with van der Waals surface area (Å²) in [5.41, 5.74) is 8.82. The van der Waals surface area contributed by atoms with Crippen molar-refractivity contribution in [2.24, 2.45) is 11.8 Å². The highest BCUT2D eigenvalue weighted by Crippen LogP contribution is 2.39. The number of rotatable bonds is 2. The summed E-state index contributed by atoms with van der Waals surface area (Å²) >= 11 is 0. The first kappa shape index (κ1) is 10.6. The molecule has 0 aromatic heterocycles. The molecule has 3 heteroatoms. The standard InChI is InChI=1S/C14H18N2O/c1-9(10-2-3-10)14(17)16-7-6-11-4-5-12(15)8-13(11)16/h4-5,8-10H,2-3,6-7,15H2,1H3. The van der Waals surface area contributed by atoms with Crippen LogP contribution in [0.3, 0.4) is 0 Å². The fourth-order valence-electron chi connectivity index (χ4n) is 2.67. The summed E-state index contributed by atoms with van der Waals surface area (Å²) in [5, 5.41) is 0. The maximum Gasteiger partial charge on any atom is 0.230 e. The van der Waals surface area contributed by atoms with Gasteiger partial charge in [0.15, 0.2) is 0 Å². The van der Waals surface area contributed by atoms with E-state index in [-0.39, 0.29) is 11.8 Å². The fourth-order valence-corrected chi connectivity index (χ4v) is 2.67. The molecule has 1 aromatic rings. The molecule has 3 nitrogen and oxygen atoms in total. The van der Waals surface area contributed by atoms with E-state index < -0.39 is 0 Å². The zero-order valence-electron chi connectivity index (χ0n) is 10.1. The van der Waals surface area contributed by atoms with E-state index in [9.17, 15) is 4.79 Å². The molecule has 3 rings (SSSR count). The van der Waals surface area contributed by atoms with E-state index in [1.54, 1.807) is 0 Å². The molecule has 1 saturated carbocycles. The van der Waals surface area contributed by atoms with Crippen LogP contribution in [0.15, 0.2) is 18.2 Å². The van der Waals surface area contributed by atoms with E-state index in [4.69, 9.17) is 5.73 Å². The summed E-state index contributed by atoms with van der Waals surface area (Å²) in [6.07, 6.45) is 3.38. The van der Waals surface area contributed by atoms with Crippen LogP contribution in [0.4, 0.5) is 11.4 Å². The molecule has 1 aromatic carbocycles. The van der Waals surface area contributed by atoms with Crippen molar-refractivity contribution in [3.63, 3.8) is 0 Å². The molecule has 0 saturated heterocycles. The minimum Gasteiger partial charge on any atom is -0.399 e. The van der Waals surface area contributed by atoms with Crippen LogP contribution in [-0.2, 0) is 11.2 Å². The average Bonchev–Trinajstić information content (AvgIpc) is 3.08. The quantitative estimate of drug-likeness (QED) is 0.792. The fraction of sp³-hybridized carbons (Fsp3) is 0.500. The Morgan fingerprint density at radius 2 is 2.24 bits per heavy atom. The predicted molar refractivity (Wildman–Crippen MR) is 68.8 cm³/mol. The maximum atomic E-state index is 12.4. The van der Waals surface area contributed by atoms with Crippen LogP contribution in [0, 0.1) is 11.8 Å². The van der Waals surface area contributed by atoms with Crippen LogP contribution < -0.4 is 10.6 Å². The largest absolute Gasteiger partial charge is 0.399 e. The van der Waals surface area contributed by atoms with Crippen molar-refractivity contribution in [1.29, 1.82) is 0 Å². The Labute approximate surface area is 102 Å². The Balaban J connectivity index is 1.87. The summed E-state index contributed by atoms with van der Waals surface area (Å²) in [7, 11) is 0.